The normalized spacial score (nSPS) is 10.6. The van der Waals surface area contributed by atoms with Gasteiger partial charge in [-0.3, -0.25) is 0 Å². The lowest BCUT2D eigenvalue weighted by Gasteiger charge is -1.97. The number of rotatable bonds is 4. The monoisotopic (exact) mass is 219 g/mol. The van der Waals surface area contributed by atoms with Crippen LogP contribution in [0.2, 0.25) is 0 Å². The molecule has 1 heterocycles. The SMILES string of the molecule is COCc1noc(-c2ccc(CN)cc2)n1. The fraction of sp³-hybridized carbons (Fsp3) is 0.273. The lowest BCUT2D eigenvalue weighted by atomic mass is 10.1. The average Bonchev–Trinajstić information content (AvgIpc) is 2.78. The van der Waals surface area contributed by atoms with E-state index in [0.717, 1.165) is 11.1 Å². The molecule has 0 unspecified atom stereocenters. The van der Waals surface area contributed by atoms with E-state index in [-0.39, 0.29) is 0 Å². The van der Waals surface area contributed by atoms with Gasteiger partial charge in [-0.05, 0) is 17.7 Å². The van der Waals surface area contributed by atoms with E-state index < -0.39 is 0 Å². The molecule has 2 rings (SSSR count). The van der Waals surface area contributed by atoms with Crippen molar-refractivity contribution in [2.75, 3.05) is 7.11 Å². The quantitative estimate of drug-likeness (QED) is 0.839. The lowest BCUT2D eigenvalue weighted by molar-refractivity contribution is 0.174. The molecular weight excluding hydrogens is 206 g/mol. The van der Waals surface area contributed by atoms with E-state index in [1.807, 2.05) is 24.3 Å². The molecule has 0 bridgehead atoms. The first-order valence-corrected chi connectivity index (χ1v) is 4.94. The van der Waals surface area contributed by atoms with Crippen LogP contribution in [0, 0.1) is 0 Å². The topological polar surface area (TPSA) is 74.2 Å². The van der Waals surface area contributed by atoms with Crippen LogP contribution in [0.15, 0.2) is 28.8 Å². The molecular formula is C11H13N3O2. The summed E-state index contributed by atoms with van der Waals surface area (Å²) in [5.74, 6) is 1.04. The summed E-state index contributed by atoms with van der Waals surface area (Å²) in [4.78, 5) is 4.19. The molecule has 0 amide bonds. The maximum atomic E-state index is 5.51. The summed E-state index contributed by atoms with van der Waals surface area (Å²) in [6, 6.07) is 7.70. The molecule has 0 atom stereocenters. The number of ether oxygens (including phenoxy) is 1. The molecule has 0 saturated carbocycles. The van der Waals surface area contributed by atoms with Gasteiger partial charge in [0.1, 0.15) is 6.61 Å². The van der Waals surface area contributed by atoms with Crippen LogP contribution in [0.5, 0.6) is 0 Å². The van der Waals surface area contributed by atoms with Crippen molar-refractivity contribution >= 4 is 0 Å². The molecule has 2 aromatic rings. The van der Waals surface area contributed by atoms with E-state index in [0.29, 0.717) is 24.9 Å². The first-order valence-electron chi connectivity index (χ1n) is 4.94. The zero-order valence-electron chi connectivity index (χ0n) is 9.01. The van der Waals surface area contributed by atoms with Crippen molar-refractivity contribution in [1.29, 1.82) is 0 Å². The molecule has 0 saturated heterocycles. The Hall–Kier alpha value is -1.72. The summed E-state index contributed by atoms with van der Waals surface area (Å²) >= 11 is 0. The van der Waals surface area contributed by atoms with Gasteiger partial charge in [-0.15, -0.1) is 0 Å². The first-order chi connectivity index (χ1) is 7.83. The lowest BCUT2D eigenvalue weighted by Crippen LogP contribution is -1.95. The molecule has 1 aromatic heterocycles. The molecule has 16 heavy (non-hydrogen) atoms. The zero-order valence-corrected chi connectivity index (χ0v) is 9.01. The summed E-state index contributed by atoms with van der Waals surface area (Å²) < 4.78 is 10.0. The zero-order chi connectivity index (χ0) is 11.4. The first kappa shape index (κ1) is 10.8. The van der Waals surface area contributed by atoms with Gasteiger partial charge >= 0.3 is 0 Å². The minimum atomic E-state index is 0.352. The number of benzene rings is 1. The number of methoxy groups -OCH3 is 1. The highest BCUT2D eigenvalue weighted by atomic mass is 16.5. The van der Waals surface area contributed by atoms with E-state index in [9.17, 15) is 0 Å². The Balaban J connectivity index is 2.21. The van der Waals surface area contributed by atoms with Crippen LogP contribution < -0.4 is 5.73 Å². The predicted molar refractivity (Wildman–Crippen MR) is 58.3 cm³/mol. The second kappa shape index (κ2) is 4.87. The maximum absolute atomic E-state index is 5.51. The number of nitrogens with two attached hydrogens (primary N) is 1. The van der Waals surface area contributed by atoms with E-state index in [1.165, 1.54) is 0 Å². The van der Waals surface area contributed by atoms with Crippen molar-refractivity contribution < 1.29 is 9.26 Å². The van der Waals surface area contributed by atoms with Gasteiger partial charge in [0, 0.05) is 19.2 Å². The van der Waals surface area contributed by atoms with Crippen LogP contribution in [0.25, 0.3) is 11.5 Å². The fourth-order valence-electron chi connectivity index (χ4n) is 1.34. The van der Waals surface area contributed by atoms with Crippen molar-refractivity contribution in [1.82, 2.24) is 10.1 Å². The van der Waals surface area contributed by atoms with Crippen LogP contribution in [0.4, 0.5) is 0 Å². The van der Waals surface area contributed by atoms with E-state index in [2.05, 4.69) is 10.1 Å². The van der Waals surface area contributed by atoms with Crippen LogP contribution in [0.1, 0.15) is 11.4 Å². The molecule has 0 aliphatic carbocycles. The second-order valence-corrected chi connectivity index (χ2v) is 3.35. The van der Waals surface area contributed by atoms with Crippen LogP contribution in [0.3, 0.4) is 0 Å². The molecule has 0 aliphatic heterocycles. The third-order valence-corrected chi connectivity index (χ3v) is 2.18. The minimum absolute atomic E-state index is 0.352. The molecule has 5 nitrogen and oxygen atoms in total. The highest BCUT2D eigenvalue weighted by molar-refractivity contribution is 5.53. The van der Waals surface area contributed by atoms with Crippen molar-refractivity contribution in [3.8, 4) is 11.5 Å². The molecule has 2 N–H and O–H groups in total. The molecule has 0 aliphatic rings. The smallest absolute Gasteiger partial charge is 0.258 e. The van der Waals surface area contributed by atoms with E-state index in [1.54, 1.807) is 7.11 Å². The standard InChI is InChI=1S/C11H13N3O2/c1-15-7-10-13-11(16-14-10)9-4-2-8(6-12)3-5-9/h2-5H,6-7,12H2,1H3. The third kappa shape index (κ3) is 2.26. The Morgan fingerprint density at radius 1 is 1.31 bits per heavy atom. The number of hydrogen-bond acceptors (Lipinski definition) is 5. The molecule has 0 fully saturated rings. The molecule has 0 spiro atoms. The van der Waals surface area contributed by atoms with Crippen molar-refractivity contribution in [2.24, 2.45) is 5.73 Å². The number of nitrogens with zero attached hydrogens (tertiary/aromatic N) is 2. The highest BCUT2D eigenvalue weighted by Gasteiger charge is 2.07. The summed E-state index contributed by atoms with van der Waals surface area (Å²) in [7, 11) is 1.59. The van der Waals surface area contributed by atoms with Crippen LogP contribution in [-0.2, 0) is 17.9 Å². The van der Waals surface area contributed by atoms with Gasteiger partial charge in [-0.2, -0.15) is 4.98 Å². The van der Waals surface area contributed by atoms with Crippen LogP contribution in [-0.4, -0.2) is 17.3 Å². The van der Waals surface area contributed by atoms with Crippen molar-refractivity contribution in [2.45, 2.75) is 13.2 Å². The summed E-state index contributed by atoms with van der Waals surface area (Å²) in [6.07, 6.45) is 0. The van der Waals surface area contributed by atoms with Crippen molar-refractivity contribution in [3.63, 3.8) is 0 Å². The highest BCUT2D eigenvalue weighted by Crippen LogP contribution is 2.17. The Morgan fingerprint density at radius 3 is 2.69 bits per heavy atom. The van der Waals surface area contributed by atoms with Gasteiger partial charge in [0.05, 0.1) is 0 Å². The molecule has 84 valence electrons. The summed E-state index contributed by atoms with van der Waals surface area (Å²) in [5.41, 5.74) is 7.47. The van der Waals surface area contributed by atoms with Gasteiger partial charge in [-0.25, -0.2) is 0 Å². The van der Waals surface area contributed by atoms with Gasteiger partial charge in [0.25, 0.3) is 5.89 Å². The van der Waals surface area contributed by atoms with Crippen LogP contribution >= 0.6 is 0 Å². The fourth-order valence-corrected chi connectivity index (χ4v) is 1.34. The van der Waals surface area contributed by atoms with Gasteiger partial charge in [0.2, 0.25) is 0 Å². The van der Waals surface area contributed by atoms with E-state index in [4.69, 9.17) is 15.0 Å². The Kier molecular flexibility index (Phi) is 3.28. The number of aromatic nitrogens is 2. The Morgan fingerprint density at radius 2 is 2.06 bits per heavy atom. The molecule has 1 aromatic carbocycles. The third-order valence-electron chi connectivity index (χ3n) is 2.18. The van der Waals surface area contributed by atoms with E-state index >= 15 is 0 Å². The Labute approximate surface area is 93.2 Å². The molecule has 0 radical (unpaired) electrons. The predicted octanol–water partition coefficient (Wildman–Crippen LogP) is 1.34. The summed E-state index contributed by atoms with van der Waals surface area (Å²) in [6.45, 7) is 0.878. The van der Waals surface area contributed by atoms with Gasteiger partial charge in [0.15, 0.2) is 5.82 Å². The maximum Gasteiger partial charge on any atom is 0.258 e. The van der Waals surface area contributed by atoms with Crippen molar-refractivity contribution in [3.05, 3.63) is 35.7 Å². The van der Waals surface area contributed by atoms with Gasteiger partial charge < -0.3 is 15.0 Å². The Bertz CT molecular complexity index is 451. The largest absolute Gasteiger partial charge is 0.377 e. The average molecular weight is 219 g/mol. The number of hydrogen-bond donors (Lipinski definition) is 1. The summed E-state index contributed by atoms with van der Waals surface area (Å²) in [5, 5.41) is 3.79. The second-order valence-electron chi connectivity index (χ2n) is 3.35. The van der Waals surface area contributed by atoms with Gasteiger partial charge in [-0.1, -0.05) is 17.3 Å². The minimum Gasteiger partial charge on any atom is -0.377 e. The molecule has 5 heteroatoms.